The second-order valence-corrected chi connectivity index (χ2v) is 9.03. The van der Waals surface area contributed by atoms with E-state index in [0.717, 1.165) is 16.6 Å². The van der Waals surface area contributed by atoms with Crippen LogP contribution in [0.3, 0.4) is 0 Å². The van der Waals surface area contributed by atoms with Crippen LogP contribution in [0.2, 0.25) is 0 Å². The molecular formula is C17H22N4O2S2. The first kappa shape index (κ1) is 18.2. The first-order chi connectivity index (χ1) is 12.1. The molecule has 0 radical (unpaired) electrons. The Bertz CT molecular complexity index is 791. The van der Waals surface area contributed by atoms with E-state index in [4.69, 9.17) is 0 Å². The summed E-state index contributed by atoms with van der Waals surface area (Å²) in [5.41, 5.74) is 1.25. The van der Waals surface area contributed by atoms with Gasteiger partial charge >= 0.3 is 0 Å². The van der Waals surface area contributed by atoms with Crippen molar-refractivity contribution in [3.63, 3.8) is 0 Å². The zero-order valence-electron chi connectivity index (χ0n) is 14.2. The average molecular weight is 379 g/mol. The molecule has 2 aromatic rings. The number of rotatable bonds is 6. The molecule has 8 heteroatoms. The van der Waals surface area contributed by atoms with Crippen LogP contribution in [0.5, 0.6) is 0 Å². The van der Waals surface area contributed by atoms with E-state index in [1.165, 1.54) is 5.56 Å². The second kappa shape index (κ2) is 8.16. The fourth-order valence-electron chi connectivity index (χ4n) is 2.67. The molecule has 0 N–H and O–H groups in total. The summed E-state index contributed by atoms with van der Waals surface area (Å²) in [6, 6.07) is 10.3. The highest BCUT2D eigenvalue weighted by Gasteiger charge is 2.26. The molecule has 3 rings (SSSR count). The molecule has 1 aromatic carbocycles. The maximum absolute atomic E-state index is 11.9. The maximum Gasteiger partial charge on any atom is 0.213 e. The largest absolute Gasteiger partial charge is 0.353 e. The SMILES string of the molecule is CCS(=O)(=O)N1CCN(c2cncc(SCc3ccccc3)n2)CC1. The van der Waals surface area contributed by atoms with Gasteiger partial charge in [-0.3, -0.25) is 4.98 Å². The van der Waals surface area contributed by atoms with Crippen LogP contribution in [0.25, 0.3) is 0 Å². The van der Waals surface area contributed by atoms with E-state index >= 15 is 0 Å². The van der Waals surface area contributed by atoms with Crippen LogP contribution in [0.4, 0.5) is 5.82 Å². The standard InChI is InChI=1S/C17H22N4O2S2/c1-2-25(22,23)21-10-8-20(9-11-21)16-12-18-13-17(19-16)24-14-15-6-4-3-5-7-15/h3-7,12-13H,2,8-11,14H2,1H3. The first-order valence-corrected chi connectivity index (χ1v) is 10.9. The summed E-state index contributed by atoms with van der Waals surface area (Å²) in [5.74, 6) is 1.81. The van der Waals surface area contributed by atoms with Gasteiger partial charge in [-0.05, 0) is 12.5 Å². The third-order valence-corrected chi connectivity index (χ3v) is 7.00. The number of aromatic nitrogens is 2. The van der Waals surface area contributed by atoms with E-state index in [1.54, 1.807) is 35.4 Å². The molecule has 0 amide bonds. The van der Waals surface area contributed by atoms with Gasteiger partial charge < -0.3 is 4.90 Å². The molecule has 2 heterocycles. The van der Waals surface area contributed by atoms with E-state index < -0.39 is 10.0 Å². The third-order valence-electron chi connectivity index (χ3n) is 4.15. The molecular weight excluding hydrogens is 356 g/mol. The topological polar surface area (TPSA) is 66.4 Å². The number of piperazine rings is 1. The molecule has 6 nitrogen and oxygen atoms in total. The van der Waals surface area contributed by atoms with Crippen molar-refractivity contribution in [3.05, 3.63) is 48.3 Å². The van der Waals surface area contributed by atoms with Gasteiger partial charge in [0.15, 0.2) is 0 Å². The Kier molecular flexibility index (Phi) is 5.93. The van der Waals surface area contributed by atoms with Crippen molar-refractivity contribution in [2.75, 3.05) is 36.8 Å². The molecule has 1 fully saturated rings. The molecule has 0 unspecified atom stereocenters. The van der Waals surface area contributed by atoms with Crippen molar-refractivity contribution in [2.24, 2.45) is 0 Å². The van der Waals surface area contributed by atoms with Gasteiger partial charge in [0.1, 0.15) is 10.8 Å². The number of hydrogen-bond donors (Lipinski definition) is 0. The van der Waals surface area contributed by atoms with Gasteiger partial charge in [-0.1, -0.05) is 30.3 Å². The van der Waals surface area contributed by atoms with Crippen molar-refractivity contribution in [3.8, 4) is 0 Å². The molecule has 1 saturated heterocycles. The number of benzene rings is 1. The average Bonchev–Trinajstić information content (AvgIpc) is 2.67. The minimum absolute atomic E-state index is 0.151. The molecule has 0 spiro atoms. The van der Waals surface area contributed by atoms with E-state index in [2.05, 4.69) is 27.0 Å². The Hall–Kier alpha value is -1.64. The van der Waals surface area contributed by atoms with Gasteiger partial charge in [-0.2, -0.15) is 4.31 Å². The van der Waals surface area contributed by atoms with Gasteiger partial charge in [0.05, 0.1) is 18.1 Å². The molecule has 1 aliphatic heterocycles. The fraction of sp³-hybridized carbons (Fsp3) is 0.412. The van der Waals surface area contributed by atoms with Gasteiger partial charge in [0.2, 0.25) is 10.0 Å². The summed E-state index contributed by atoms with van der Waals surface area (Å²) in [7, 11) is -3.11. The third kappa shape index (κ3) is 4.71. The van der Waals surface area contributed by atoms with Crippen LogP contribution in [0.15, 0.2) is 47.8 Å². The van der Waals surface area contributed by atoms with Gasteiger partial charge in [-0.15, -0.1) is 11.8 Å². The highest BCUT2D eigenvalue weighted by molar-refractivity contribution is 7.98. The Morgan fingerprint density at radius 1 is 1.08 bits per heavy atom. The quantitative estimate of drug-likeness (QED) is 0.718. The smallest absolute Gasteiger partial charge is 0.213 e. The summed E-state index contributed by atoms with van der Waals surface area (Å²) in [5, 5.41) is 0.880. The molecule has 0 atom stereocenters. The van der Waals surface area contributed by atoms with Crippen LogP contribution in [0.1, 0.15) is 12.5 Å². The van der Waals surface area contributed by atoms with E-state index in [-0.39, 0.29) is 5.75 Å². The fourth-order valence-corrected chi connectivity index (χ4v) is 4.55. The Morgan fingerprint density at radius 3 is 2.48 bits per heavy atom. The monoisotopic (exact) mass is 378 g/mol. The molecule has 0 saturated carbocycles. The predicted molar refractivity (Wildman–Crippen MR) is 101 cm³/mol. The highest BCUT2D eigenvalue weighted by atomic mass is 32.2. The number of nitrogens with zero attached hydrogens (tertiary/aromatic N) is 4. The summed E-state index contributed by atoms with van der Waals surface area (Å²) >= 11 is 1.65. The molecule has 1 aliphatic rings. The van der Waals surface area contributed by atoms with Gasteiger partial charge in [0.25, 0.3) is 0 Å². The Morgan fingerprint density at radius 2 is 1.80 bits per heavy atom. The first-order valence-electron chi connectivity index (χ1n) is 8.30. The normalized spacial score (nSPS) is 16.1. The number of hydrogen-bond acceptors (Lipinski definition) is 6. The second-order valence-electron chi connectivity index (χ2n) is 5.78. The summed E-state index contributed by atoms with van der Waals surface area (Å²) in [6.07, 6.45) is 3.52. The molecule has 134 valence electrons. The van der Waals surface area contributed by atoms with Crippen molar-refractivity contribution >= 4 is 27.6 Å². The highest BCUT2D eigenvalue weighted by Crippen LogP contribution is 2.23. The van der Waals surface area contributed by atoms with E-state index in [1.807, 2.05) is 18.2 Å². The van der Waals surface area contributed by atoms with Crippen LogP contribution in [0, 0.1) is 0 Å². The molecule has 1 aromatic heterocycles. The summed E-state index contributed by atoms with van der Waals surface area (Å²) < 4.78 is 25.5. The zero-order chi connectivity index (χ0) is 17.7. The maximum atomic E-state index is 11.9. The molecule has 0 aliphatic carbocycles. The van der Waals surface area contributed by atoms with Crippen LogP contribution < -0.4 is 4.90 Å². The minimum Gasteiger partial charge on any atom is -0.353 e. The summed E-state index contributed by atoms with van der Waals surface area (Å²) in [4.78, 5) is 11.1. The zero-order valence-corrected chi connectivity index (χ0v) is 15.8. The van der Waals surface area contributed by atoms with Crippen LogP contribution in [-0.2, 0) is 15.8 Å². The van der Waals surface area contributed by atoms with E-state index in [9.17, 15) is 8.42 Å². The van der Waals surface area contributed by atoms with Crippen molar-refractivity contribution in [1.29, 1.82) is 0 Å². The minimum atomic E-state index is -3.11. The Balaban J connectivity index is 1.61. The van der Waals surface area contributed by atoms with Gasteiger partial charge in [0, 0.05) is 31.9 Å². The summed E-state index contributed by atoms with van der Waals surface area (Å²) in [6.45, 7) is 3.96. The molecule has 25 heavy (non-hydrogen) atoms. The predicted octanol–water partition coefficient (Wildman–Crippen LogP) is 2.24. The molecule has 0 bridgehead atoms. The number of anilines is 1. The lowest BCUT2D eigenvalue weighted by atomic mass is 10.2. The van der Waals surface area contributed by atoms with Crippen molar-refractivity contribution in [1.82, 2.24) is 14.3 Å². The van der Waals surface area contributed by atoms with Crippen LogP contribution >= 0.6 is 11.8 Å². The van der Waals surface area contributed by atoms with Crippen molar-refractivity contribution in [2.45, 2.75) is 17.7 Å². The number of thioether (sulfide) groups is 1. The van der Waals surface area contributed by atoms with E-state index in [0.29, 0.717) is 26.2 Å². The lowest BCUT2D eigenvalue weighted by molar-refractivity contribution is 0.384. The van der Waals surface area contributed by atoms with Crippen LogP contribution in [-0.4, -0.2) is 54.6 Å². The van der Waals surface area contributed by atoms with Gasteiger partial charge in [-0.25, -0.2) is 13.4 Å². The number of sulfonamides is 1. The Labute approximate surface area is 153 Å². The lowest BCUT2D eigenvalue weighted by Gasteiger charge is -2.34. The van der Waals surface area contributed by atoms with Crippen molar-refractivity contribution < 1.29 is 8.42 Å². The lowest BCUT2D eigenvalue weighted by Crippen LogP contribution is -2.49.